The third-order valence-corrected chi connectivity index (χ3v) is 3.90. The summed E-state index contributed by atoms with van der Waals surface area (Å²) in [6.45, 7) is 6.20. The van der Waals surface area contributed by atoms with Crippen molar-refractivity contribution in [1.29, 1.82) is 0 Å². The first kappa shape index (κ1) is 16.7. The van der Waals surface area contributed by atoms with Crippen molar-refractivity contribution < 1.29 is 4.79 Å². The molecular weight excluding hydrogens is 244 g/mol. The lowest BCUT2D eigenvalue weighted by Gasteiger charge is -2.13. The molecule has 1 heteroatoms. The molecule has 1 aromatic rings. The Kier molecular flexibility index (Phi) is 8.69. The smallest absolute Gasteiger partial charge is 0.150 e. The summed E-state index contributed by atoms with van der Waals surface area (Å²) in [6.07, 6.45) is 13.5. The van der Waals surface area contributed by atoms with Crippen LogP contribution in [0.4, 0.5) is 0 Å². The van der Waals surface area contributed by atoms with Gasteiger partial charge in [-0.05, 0) is 12.0 Å². The van der Waals surface area contributed by atoms with E-state index in [0.29, 0.717) is 5.92 Å². The minimum absolute atomic E-state index is 0.423. The second kappa shape index (κ2) is 10.4. The first-order valence-electron chi connectivity index (χ1n) is 7.99. The number of unbranched alkanes of at least 4 members (excludes halogenated alkanes) is 6. The van der Waals surface area contributed by atoms with Crippen molar-refractivity contribution in [1.82, 2.24) is 0 Å². The van der Waals surface area contributed by atoms with Gasteiger partial charge >= 0.3 is 0 Å². The van der Waals surface area contributed by atoms with Gasteiger partial charge in [-0.1, -0.05) is 82.2 Å². The number of allylic oxidation sites excluding steroid dienone is 1. The molecule has 0 radical (unpaired) electrons. The van der Waals surface area contributed by atoms with Crippen LogP contribution in [0.25, 0.3) is 0 Å². The molecule has 0 aliphatic heterocycles. The van der Waals surface area contributed by atoms with E-state index in [-0.39, 0.29) is 0 Å². The first-order chi connectivity index (χ1) is 9.81. The normalized spacial score (nSPS) is 12.1. The van der Waals surface area contributed by atoms with Crippen LogP contribution in [0.1, 0.15) is 80.1 Å². The van der Waals surface area contributed by atoms with E-state index in [9.17, 15) is 4.79 Å². The quantitative estimate of drug-likeness (QED) is 0.278. The Morgan fingerprint density at radius 3 is 2.15 bits per heavy atom. The second-order valence-electron chi connectivity index (χ2n) is 5.54. The summed E-state index contributed by atoms with van der Waals surface area (Å²) >= 11 is 0. The molecule has 0 saturated carbocycles. The summed E-state index contributed by atoms with van der Waals surface area (Å²) in [5.41, 5.74) is 2.02. The Morgan fingerprint density at radius 2 is 1.60 bits per heavy atom. The lowest BCUT2D eigenvalue weighted by atomic mass is 9.92. The van der Waals surface area contributed by atoms with E-state index in [4.69, 9.17) is 0 Å². The lowest BCUT2D eigenvalue weighted by molar-refractivity contribution is 0.112. The van der Waals surface area contributed by atoms with Crippen LogP contribution >= 0.6 is 0 Å². The highest BCUT2D eigenvalue weighted by molar-refractivity contribution is 5.74. The predicted molar refractivity (Wildman–Crippen MR) is 87.4 cm³/mol. The summed E-state index contributed by atoms with van der Waals surface area (Å²) in [7, 11) is 0. The van der Waals surface area contributed by atoms with E-state index < -0.39 is 0 Å². The Labute approximate surface area is 124 Å². The summed E-state index contributed by atoms with van der Waals surface area (Å²) in [4.78, 5) is 10.7. The average molecular weight is 272 g/mol. The molecule has 0 aliphatic carbocycles. The summed E-state index contributed by atoms with van der Waals surface area (Å²) in [5, 5.41) is 0. The van der Waals surface area contributed by atoms with Crippen LogP contribution in [-0.4, -0.2) is 6.29 Å². The maximum Gasteiger partial charge on any atom is 0.150 e. The molecule has 0 bridgehead atoms. The van der Waals surface area contributed by atoms with E-state index in [1.54, 1.807) is 0 Å². The molecule has 1 nitrogen and oxygen atoms in total. The van der Waals surface area contributed by atoms with Gasteiger partial charge in [0.2, 0.25) is 0 Å². The second-order valence-corrected chi connectivity index (χ2v) is 5.54. The number of carbonyl (C=O) groups excluding carboxylic acids is 1. The Morgan fingerprint density at radius 1 is 1.00 bits per heavy atom. The number of aldehydes is 1. The Bertz CT molecular complexity index is 377. The predicted octanol–water partition coefficient (Wildman–Crippen LogP) is 5.91. The highest BCUT2D eigenvalue weighted by Gasteiger charge is 2.07. The number of hydrogen-bond donors (Lipinski definition) is 0. The van der Waals surface area contributed by atoms with Gasteiger partial charge in [-0.15, -0.1) is 6.58 Å². The van der Waals surface area contributed by atoms with Crippen molar-refractivity contribution in [3.8, 4) is 0 Å². The maximum absolute atomic E-state index is 10.7. The molecule has 0 fully saturated rings. The molecule has 0 N–H and O–H groups in total. The van der Waals surface area contributed by atoms with Crippen LogP contribution in [-0.2, 0) is 0 Å². The van der Waals surface area contributed by atoms with E-state index in [1.165, 1.54) is 50.5 Å². The standard InChI is InChI=1S/C19H28O/c1-3-5-6-7-8-9-10-11-18(4-2)19-14-12-17(16-20)13-15-19/h4,12-16,18H,2-3,5-11H2,1H3. The molecule has 0 amide bonds. The number of rotatable bonds is 11. The zero-order valence-corrected chi connectivity index (χ0v) is 12.8. The number of hydrogen-bond acceptors (Lipinski definition) is 1. The minimum atomic E-state index is 0.423. The van der Waals surface area contributed by atoms with E-state index in [2.05, 4.69) is 25.6 Å². The van der Waals surface area contributed by atoms with Crippen LogP contribution < -0.4 is 0 Å². The molecule has 110 valence electrons. The van der Waals surface area contributed by atoms with E-state index in [1.807, 2.05) is 18.2 Å². The van der Waals surface area contributed by atoms with Gasteiger partial charge in [-0.2, -0.15) is 0 Å². The molecular formula is C19H28O. The van der Waals surface area contributed by atoms with Gasteiger partial charge in [0.05, 0.1) is 0 Å². The molecule has 1 unspecified atom stereocenters. The highest BCUT2D eigenvalue weighted by Crippen LogP contribution is 2.24. The fourth-order valence-electron chi connectivity index (χ4n) is 2.56. The van der Waals surface area contributed by atoms with Crippen molar-refractivity contribution >= 4 is 6.29 Å². The molecule has 1 rings (SSSR count). The van der Waals surface area contributed by atoms with Crippen molar-refractivity contribution in [3.05, 3.63) is 48.0 Å². The monoisotopic (exact) mass is 272 g/mol. The summed E-state index contributed by atoms with van der Waals surface area (Å²) in [5.74, 6) is 0.423. The van der Waals surface area contributed by atoms with Crippen molar-refractivity contribution in [3.63, 3.8) is 0 Å². The topological polar surface area (TPSA) is 17.1 Å². The molecule has 0 saturated heterocycles. The molecule has 0 aliphatic rings. The summed E-state index contributed by atoms with van der Waals surface area (Å²) in [6, 6.07) is 7.89. The number of carbonyl (C=O) groups is 1. The van der Waals surface area contributed by atoms with Gasteiger partial charge in [-0.25, -0.2) is 0 Å². The van der Waals surface area contributed by atoms with Gasteiger partial charge in [0.1, 0.15) is 6.29 Å². The van der Waals surface area contributed by atoms with Gasteiger partial charge in [-0.3, -0.25) is 4.79 Å². The third-order valence-electron chi connectivity index (χ3n) is 3.90. The summed E-state index contributed by atoms with van der Waals surface area (Å²) < 4.78 is 0. The van der Waals surface area contributed by atoms with Crippen molar-refractivity contribution in [2.75, 3.05) is 0 Å². The Balaban J connectivity index is 2.28. The molecule has 0 spiro atoms. The molecule has 0 heterocycles. The minimum Gasteiger partial charge on any atom is -0.298 e. The van der Waals surface area contributed by atoms with Gasteiger partial charge in [0, 0.05) is 11.5 Å². The van der Waals surface area contributed by atoms with Gasteiger partial charge < -0.3 is 0 Å². The van der Waals surface area contributed by atoms with Gasteiger partial charge in [0.15, 0.2) is 0 Å². The lowest BCUT2D eigenvalue weighted by Crippen LogP contribution is -1.96. The van der Waals surface area contributed by atoms with Crippen LogP contribution in [0.3, 0.4) is 0 Å². The van der Waals surface area contributed by atoms with Crippen LogP contribution in [0.5, 0.6) is 0 Å². The average Bonchev–Trinajstić information content (AvgIpc) is 2.50. The van der Waals surface area contributed by atoms with Crippen molar-refractivity contribution in [2.45, 2.75) is 64.2 Å². The van der Waals surface area contributed by atoms with Crippen molar-refractivity contribution in [2.24, 2.45) is 0 Å². The highest BCUT2D eigenvalue weighted by atomic mass is 16.1. The number of benzene rings is 1. The van der Waals surface area contributed by atoms with E-state index in [0.717, 1.165) is 18.3 Å². The largest absolute Gasteiger partial charge is 0.298 e. The Hall–Kier alpha value is -1.37. The molecule has 1 atom stereocenters. The zero-order chi connectivity index (χ0) is 14.6. The fourth-order valence-corrected chi connectivity index (χ4v) is 2.56. The van der Waals surface area contributed by atoms with Crippen LogP contribution in [0.15, 0.2) is 36.9 Å². The van der Waals surface area contributed by atoms with Gasteiger partial charge in [0.25, 0.3) is 0 Å². The van der Waals surface area contributed by atoms with E-state index >= 15 is 0 Å². The molecule has 0 aromatic heterocycles. The fraction of sp³-hybridized carbons (Fsp3) is 0.526. The van der Waals surface area contributed by atoms with Crippen LogP contribution in [0, 0.1) is 0 Å². The molecule has 1 aromatic carbocycles. The van der Waals surface area contributed by atoms with Crippen LogP contribution in [0.2, 0.25) is 0 Å². The molecule has 20 heavy (non-hydrogen) atoms. The third kappa shape index (κ3) is 6.18. The first-order valence-corrected chi connectivity index (χ1v) is 7.99. The zero-order valence-electron chi connectivity index (χ0n) is 12.8. The SMILES string of the molecule is C=CC(CCCCCCCCC)c1ccc(C=O)cc1. The maximum atomic E-state index is 10.7.